The number of aromatic amines is 2. The molecule has 3 aromatic heterocycles. The third-order valence-corrected chi connectivity index (χ3v) is 4.29. The second kappa shape index (κ2) is 6.68. The molecule has 0 amide bonds. The molecule has 25 heavy (non-hydrogen) atoms. The van der Waals surface area contributed by atoms with Gasteiger partial charge in [-0.25, -0.2) is 4.68 Å². The molecule has 3 aromatic rings. The van der Waals surface area contributed by atoms with Gasteiger partial charge in [-0.1, -0.05) is 0 Å². The van der Waals surface area contributed by atoms with Crippen molar-refractivity contribution >= 4 is 11.0 Å². The van der Waals surface area contributed by atoms with Crippen LogP contribution >= 0.6 is 0 Å². The summed E-state index contributed by atoms with van der Waals surface area (Å²) in [5.74, 6) is 0. The lowest BCUT2D eigenvalue weighted by atomic mass is 10.1. The van der Waals surface area contributed by atoms with E-state index >= 15 is 0 Å². The molecule has 0 saturated carbocycles. The summed E-state index contributed by atoms with van der Waals surface area (Å²) in [4.78, 5) is 29.7. The van der Waals surface area contributed by atoms with E-state index in [1.54, 1.807) is 16.9 Å². The summed E-state index contributed by atoms with van der Waals surface area (Å²) in [6.07, 6.45) is 1.77. The predicted molar refractivity (Wildman–Crippen MR) is 97.8 cm³/mol. The quantitative estimate of drug-likeness (QED) is 0.660. The first-order valence-electron chi connectivity index (χ1n) is 8.36. The summed E-state index contributed by atoms with van der Waals surface area (Å²) in [7, 11) is 0. The number of nitrogens with one attached hydrogen (secondary N) is 3. The minimum absolute atomic E-state index is 0.0753. The van der Waals surface area contributed by atoms with Crippen LogP contribution in [-0.4, -0.2) is 19.7 Å². The van der Waals surface area contributed by atoms with Gasteiger partial charge in [0.15, 0.2) is 0 Å². The molecule has 0 fully saturated rings. The Morgan fingerprint density at radius 3 is 2.60 bits per heavy atom. The van der Waals surface area contributed by atoms with Gasteiger partial charge in [-0.05, 0) is 44.9 Å². The maximum absolute atomic E-state index is 12.1. The Labute approximate surface area is 145 Å². The summed E-state index contributed by atoms with van der Waals surface area (Å²) < 4.78 is 1.80. The average molecular weight is 341 g/mol. The number of pyridine rings is 2. The maximum atomic E-state index is 12.1. The first kappa shape index (κ1) is 17.2. The van der Waals surface area contributed by atoms with Crippen LogP contribution in [0.2, 0.25) is 0 Å². The molecule has 7 heteroatoms. The number of fused-ring (bicyclic) bond motifs is 1. The molecule has 0 bridgehead atoms. The molecule has 0 aliphatic carbocycles. The van der Waals surface area contributed by atoms with Crippen LogP contribution in [0.5, 0.6) is 0 Å². The molecule has 0 aromatic carbocycles. The zero-order valence-electron chi connectivity index (χ0n) is 14.9. The average Bonchev–Trinajstić information content (AvgIpc) is 2.93. The molecule has 0 radical (unpaired) electrons. The molecule has 3 heterocycles. The number of H-pyrrole nitrogens is 2. The van der Waals surface area contributed by atoms with Gasteiger partial charge in [0, 0.05) is 41.8 Å². The Morgan fingerprint density at radius 1 is 1.16 bits per heavy atom. The molecular formula is C18H23N5O2. The van der Waals surface area contributed by atoms with Crippen LogP contribution in [-0.2, 0) is 13.1 Å². The fourth-order valence-electron chi connectivity index (χ4n) is 3.07. The molecule has 0 aliphatic heterocycles. The number of hydrogen-bond donors (Lipinski definition) is 3. The lowest BCUT2D eigenvalue weighted by Crippen LogP contribution is -2.23. The van der Waals surface area contributed by atoms with Crippen LogP contribution in [0.3, 0.4) is 0 Å². The number of nitrogens with zero attached hydrogens (tertiary/aromatic N) is 2. The number of aromatic nitrogens is 4. The Morgan fingerprint density at radius 2 is 1.92 bits per heavy atom. The SMILES string of the molecule is Cc1cc(C)c(CNCc2cc(=O)[nH]c3c2cnn3C(C)C)c(=O)[nH]1. The van der Waals surface area contributed by atoms with E-state index in [0.29, 0.717) is 18.7 Å². The maximum Gasteiger partial charge on any atom is 0.252 e. The van der Waals surface area contributed by atoms with Crippen molar-refractivity contribution in [3.63, 3.8) is 0 Å². The highest BCUT2D eigenvalue weighted by atomic mass is 16.1. The predicted octanol–water partition coefficient (Wildman–Crippen LogP) is 1.90. The van der Waals surface area contributed by atoms with E-state index in [1.807, 2.05) is 33.8 Å². The first-order chi connectivity index (χ1) is 11.9. The zero-order valence-corrected chi connectivity index (χ0v) is 14.9. The lowest BCUT2D eigenvalue weighted by molar-refractivity contribution is 0.546. The van der Waals surface area contributed by atoms with E-state index in [2.05, 4.69) is 20.4 Å². The Hall–Kier alpha value is -2.67. The van der Waals surface area contributed by atoms with Gasteiger partial charge in [0.05, 0.1) is 6.20 Å². The van der Waals surface area contributed by atoms with E-state index < -0.39 is 0 Å². The smallest absolute Gasteiger partial charge is 0.252 e. The van der Waals surface area contributed by atoms with Gasteiger partial charge in [-0.15, -0.1) is 0 Å². The van der Waals surface area contributed by atoms with Gasteiger partial charge in [-0.3, -0.25) is 9.59 Å². The molecule has 3 rings (SSSR count). The third kappa shape index (κ3) is 3.41. The van der Waals surface area contributed by atoms with Gasteiger partial charge >= 0.3 is 0 Å². The van der Waals surface area contributed by atoms with Gasteiger partial charge in [-0.2, -0.15) is 5.10 Å². The van der Waals surface area contributed by atoms with Crippen molar-refractivity contribution in [2.75, 3.05) is 0 Å². The van der Waals surface area contributed by atoms with Crippen molar-refractivity contribution in [2.24, 2.45) is 0 Å². The number of rotatable bonds is 5. The monoisotopic (exact) mass is 341 g/mol. The fourth-order valence-corrected chi connectivity index (χ4v) is 3.07. The molecule has 7 nitrogen and oxygen atoms in total. The minimum Gasteiger partial charge on any atom is -0.326 e. The molecule has 0 saturated heterocycles. The Bertz CT molecular complexity index is 1030. The zero-order chi connectivity index (χ0) is 18.1. The van der Waals surface area contributed by atoms with Crippen molar-refractivity contribution < 1.29 is 0 Å². The third-order valence-electron chi connectivity index (χ3n) is 4.29. The summed E-state index contributed by atoms with van der Waals surface area (Å²) in [6.45, 7) is 8.75. The van der Waals surface area contributed by atoms with Crippen LogP contribution in [0, 0.1) is 13.8 Å². The second-order valence-electron chi connectivity index (χ2n) is 6.65. The summed E-state index contributed by atoms with van der Waals surface area (Å²) in [5.41, 5.74) is 3.88. The molecule has 0 atom stereocenters. The van der Waals surface area contributed by atoms with Crippen LogP contribution < -0.4 is 16.4 Å². The largest absolute Gasteiger partial charge is 0.326 e. The van der Waals surface area contributed by atoms with E-state index in [0.717, 1.165) is 27.9 Å². The van der Waals surface area contributed by atoms with Crippen molar-refractivity contribution in [1.82, 2.24) is 25.1 Å². The number of aryl methyl sites for hydroxylation is 2. The lowest BCUT2D eigenvalue weighted by Gasteiger charge is -2.10. The topological polar surface area (TPSA) is 95.6 Å². The second-order valence-corrected chi connectivity index (χ2v) is 6.65. The fraction of sp³-hybridized carbons (Fsp3) is 0.389. The molecule has 0 spiro atoms. The van der Waals surface area contributed by atoms with Crippen molar-refractivity contribution in [3.05, 3.63) is 61.4 Å². The van der Waals surface area contributed by atoms with Crippen LogP contribution in [0.15, 0.2) is 27.9 Å². The van der Waals surface area contributed by atoms with Crippen molar-refractivity contribution in [3.8, 4) is 0 Å². The normalized spacial score (nSPS) is 11.6. The standard InChI is InChI=1S/C18H23N5O2/c1-10(2)23-17-15(9-20-23)13(6-16(24)22-17)7-19-8-14-11(3)5-12(4)21-18(14)25/h5-6,9-10,19H,7-8H2,1-4H3,(H,21,25)(H,22,24). The van der Waals surface area contributed by atoms with E-state index in [-0.39, 0.29) is 17.2 Å². The van der Waals surface area contributed by atoms with Gasteiger partial charge < -0.3 is 15.3 Å². The Balaban J connectivity index is 1.85. The highest BCUT2D eigenvalue weighted by molar-refractivity contribution is 5.78. The van der Waals surface area contributed by atoms with E-state index in [9.17, 15) is 9.59 Å². The summed E-state index contributed by atoms with van der Waals surface area (Å²) >= 11 is 0. The van der Waals surface area contributed by atoms with Crippen LogP contribution in [0.1, 0.15) is 42.3 Å². The molecule has 132 valence electrons. The Kier molecular flexibility index (Phi) is 4.59. The summed E-state index contributed by atoms with van der Waals surface area (Å²) in [6, 6.07) is 3.69. The highest BCUT2D eigenvalue weighted by Gasteiger charge is 2.12. The van der Waals surface area contributed by atoms with Crippen LogP contribution in [0.25, 0.3) is 11.0 Å². The number of hydrogen-bond acceptors (Lipinski definition) is 4. The highest BCUT2D eigenvalue weighted by Crippen LogP contribution is 2.18. The molecular weight excluding hydrogens is 318 g/mol. The van der Waals surface area contributed by atoms with Crippen LogP contribution in [0.4, 0.5) is 0 Å². The first-order valence-corrected chi connectivity index (χ1v) is 8.36. The van der Waals surface area contributed by atoms with Crippen molar-refractivity contribution in [2.45, 2.75) is 46.8 Å². The van der Waals surface area contributed by atoms with Gasteiger partial charge in [0.2, 0.25) is 5.56 Å². The van der Waals surface area contributed by atoms with E-state index in [4.69, 9.17) is 0 Å². The molecule has 3 N–H and O–H groups in total. The summed E-state index contributed by atoms with van der Waals surface area (Å²) in [5, 5.41) is 8.54. The van der Waals surface area contributed by atoms with Gasteiger partial charge in [0.25, 0.3) is 5.56 Å². The van der Waals surface area contributed by atoms with Gasteiger partial charge in [0.1, 0.15) is 5.65 Å². The van der Waals surface area contributed by atoms with E-state index in [1.165, 1.54) is 0 Å². The molecule has 0 aliphatic rings. The minimum atomic E-state index is -0.156. The molecule has 0 unspecified atom stereocenters. The van der Waals surface area contributed by atoms with Crippen molar-refractivity contribution in [1.29, 1.82) is 0 Å².